The zero-order chi connectivity index (χ0) is 14.8. The number of phenolic OH excluding ortho intramolecular Hbond substituents is 1. The number of hydrogen-bond donors (Lipinski definition) is 3. The molecule has 0 bridgehead atoms. The number of nitrogens with zero attached hydrogens (tertiary/aromatic N) is 2. The molecule has 2 aromatic rings. The highest BCUT2D eigenvalue weighted by Gasteiger charge is 2.29. The monoisotopic (exact) mass is 287 g/mol. The van der Waals surface area contributed by atoms with Crippen molar-refractivity contribution in [2.45, 2.75) is 18.9 Å². The molecular formula is C15H17N3O3. The summed E-state index contributed by atoms with van der Waals surface area (Å²) < 4.78 is 0. The first-order valence-electron chi connectivity index (χ1n) is 6.96. The van der Waals surface area contributed by atoms with Gasteiger partial charge in [-0.05, 0) is 31.0 Å². The van der Waals surface area contributed by atoms with Crippen molar-refractivity contribution in [2.24, 2.45) is 0 Å². The predicted octanol–water partition coefficient (Wildman–Crippen LogP) is 1.38. The van der Waals surface area contributed by atoms with Gasteiger partial charge in [-0.1, -0.05) is 12.1 Å². The molecule has 1 amide bonds. The van der Waals surface area contributed by atoms with Gasteiger partial charge in [0, 0.05) is 12.1 Å². The van der Waals surface area contributed by atoms with Crippen molar-refractivity contribution >= 4 is 5.91 Å². The molecule has 3 N–H and O–H groups in total. The number of aromatic hydroxyl groups is 1. The number of hydrogen-bond acceptors (Lipinski definition) is 4. The Bertz CT molecular complexity index is 653. The second kappa shape index (κ2) is 5.57. The van der Waals surface area contributed by atoms with Gasteiger partial charge in [-0.3, -0.25) is 9.89 Å². The first-order chi connectivity index (χ1) is 10.2. The first-order valence-corrected chi connectivity index (χ1v) is 6.96. The van der Waals surface area contributed by atoms with E-state index < -0.39 is 0 Å². The van der Waals surface area contributed by atoms with Crippen LogP contribution < -0.4 is 0 Å². The van der Waals surface area contributed by atoms with Crippen molar-refractivity contribution in [3.8, 4) is 17.0 Å². The van der Waals surface area contributed by atoms with Gasteiger partial charge in [0.05, 0.1) is 18.3 Å². The Kier molecular flexibility index (Phi) is 3.62. The number of carbonyl (C=O) groups excluding carboxylic acids is 1. The van der Waals surface area contributed by atoms with E-state index >= 15 is 0 Å². The summed E-state index contributed by atoms with van der Waals surface area (Å²) in [6.45, 7) is 0.626. The van der Waals surface area contributed by atoms with E-state index in [0.29, 0.717) is 23.5 Å². The van der Waals surface area contributed by atoms with Crippen molar-refractivity contribution in [2.75, 3.05) is 13.2 Å². The number of nitrogens with one attached hydrogen (secondary N) is 1. The first kappa shape index (κ1) is 13.6. The number of benzene rings is 1. The van der Waals surface area contributed by atoms with E-state index in [1.807, 2.05) is 0 Å². The minimum absolute atomic E-state index is 0.0216. The third-order valence-electron chi connectivity index (χ3n) is 3.84. The quantitative estimate of drug-likeness (QED) is 0.795. The third kappa shape index (κ3) is 2.50. The van der Waals surface area contributed by atoms with Crippen LogP contribution in [0.4, 0.5) is 0 Å². The van der Waals surface area contributed by atoms with Crippen LogP contribution in [0.2, 0.25) is 0 Å². The number of H-pyrrole nitrogens is 1. The largest absolute Gasteiger partial charge is 0.507 e. The summed E-state index contributed by atoms with van der Waals surface area (Å²) in [4.78, 5) is 14.1. The van der Waals surface area contributed by atoms with Crippen LogP contribution in [0.3, 0.4) is 0 Å². The SMILES string of the molecule is O=C(c1cc(-c2ccccc2O)n[nH]1)N1CCC[C@@H]1CO. The number of para-hydroxylation sites is 1. The molecule has 0 aliphatic carbocycles. The number of amides is 1. The molecule has 3 rings (SSSR count). The zero-order valence-electron chi connectivity index (χ0n) is 11.5. The summed E-state index contributed by atoms with van der Waals surface area (Å²) in [7, 11) is 0. The fraction of sp³-hybridized carbons (Fsp3) is 0.333. The van der Waals surface area contributed by atoms with Gasteiger partial charge in [0.2, 0.25) is 0 Å². The summed E-state index contributed by atoms with van der Waals surface area (Å²) in [6, 6.07) is 8.36. The van der Waals surface area contributed by atoms with Crippen molar-refractivity contribution in [3.63, 3.8) is 0 Å². The van der Waals surface area contributed by atoms with Crippen molar-refractivity contribution in [1.29, 1.82) is 0 Å². The number of aromatic nitrogens is 2. The lowest BCUT2D eigenvalue weighted by atomic mass is 10.1. The van der Waals surface area contributed by atoms with Gasteiger partial charge in [-0.25, -0.2) is 0 Å². The Hall–Kier alpha value is -2.34. The van der Waals surface area contributed by atoms with Crippen molar-refractivity contribution in [3.05, 3.63) is 36.0 Å². The van der Waals surface area contributed by atoms with Gasteiger partial charge in [-0.15, -0.1) is 0 Å². The fourth-order valence-corrected chi connectivity index (χ4v) is 2.71. The van der Waals surface area contributed by atoms with Gasteiger partial charge < -0.3 is 15.1 Å². The van der Waals surface area contributed by atoms with Gasteiger partial charge in [0.25, 0.3) is 5.91 Å². The van der Waals surface area contributed by atoms with Gasteiger partial charge in [-0.2, -0.15) is 5.10 Å². The lowest BCUT2D eigenvalue weighted by Crippen LogP contribution is -2.37. The molecule has 6 nitrogen and oxygen atoms in total. The second-order valence-corrected chi connectivity index (χ2v) is 5.16. The number of aliphatic hydroxyl groups is 1. The van der Waals surface area contributed by atoms with Gasteiger partial charge >= 0.3 is 0 Å². The summed E-state index contributed by atoms with van der Waals surface area (Å²) in [5.41, 5.74) is 1.47. The molecule has 1 aromatic heterocycles. The van der Waals surface area contributed by atoms with Crippen molar-refractivity contribution in [1.82, 2.24) is 15.1 Å². The Morgan fingerprint density at radius 3 is 3.00 bits per heavy atom. The molecule has 0 saturated carbocycles. The Labute approximate surface area is 122 Å². The van der Waals surface area contributed by atoms with Crippen LogP contribution >= 0.6 is 0 Å². The second-order valence-electron chi connectivity index (χ2n) is 5.16. The van der Waals surface area contributed by atoms with Gasteiger partial charge in [0.1, 0.15) is 11.4 Å². The standard InChI is InChI=1S/C15H17N3O3/c19-9-10-4-3-7-18(10)15(21)13-8-12(16-17-13)11-5-1-2-6-14(11)20/h1-2,5-6,8,10,19-20H,3-4,7,9H2,(H,16,17)/t10-/m1/s1. The van der Waals surface area contributed by atoms with E-state index in [1.54, 1.807) is 35.2 Å². The summed E-state index contributed by atoms with van der Waals surface area (Å²) in [6.07, 6.45) is 1.72. The molecule has 1 aliphatic rings. The molecule has 21 heavy (non-hydrogen) atoms. The summed E-state index contributed by atoms with van der Waals surface area (Å²) >= 11 is 0. The number of aromatic amines is 1. The van der Waals surface area contributed by atoms with Gasteiger partial charge in [0.15, 0.2) is 0 Å². The molecule has 1 saturated heterocycles. The maximum atomic E-state index is 12.4. The predicted molar refractivity (Wildman–Crippen MR) is 76.8 cm³/mol. The Morgan fingerprint density at radius 1 is 1.43 bits per heavy atom. The highest BCUT2D eigenvalue weighted by Crippen LogP contribution is 2.28. The molecule has 1 atom stereocenters. The van der Waals surface area contributed by atoms with E-state index in [-0.39, 0.29) is 24.3 Å². The number of aliphatic hydroxyl groups excluding tert-OH is 1. The normalized spacial score (nSPS) is 18.1. The molecule has 2 heterocycles. The van der Waals surface area contributed by atoms with E-state index in [0.717, 1.165) is 12.8 Å². The average molecular weight is 287 g/mol. The van der Waals surface area contributed by atoms with E-state index in [9.17, 15) is 15.0 Å². The molecule has 1 aliphatic heterocycles. The van der Waals surface area contributed by atoms with Crippen LogP contribution in [0.5, 0.6) is 5.75 Å². The molecular weight excluding hydrogens is 270 g/mol. The number of likely N-dealkylation sites (tertiary alicyclic amines) is 1. The molecule has 0 unspecified atom stereocenters. The maximum absolute atomic E-state index is 12.4. The molecule has 0 spiro atoms. The van der Waals surface area contributed by atoms with E-state index in [1.165, 1.54) is 0 Å². The maximum Gasteiger partial charge on any atom is 0.272 e. The van der Waals surface area contributed by atoms with E-state index in [2.05, 4.69) is 10.2 Å². The highest BCUT2D eigenvalue weighted by atomic mass is 16.3. The molecule has 110 valence electrons. The van der Waals surface area contributed by atoms with Crippen LogP contribution in [0.25, 0.3) is 11.3 Å². The summed E-state index contributed by atoms with van der Waals surface area (Å²) in [5, 5.41) is 25.9. The molecule has 0 radical (unpaired) electrons. The highest BCUT2D eigenvalue weighted by molar-refractivity contribution is 5.94. The fourth-order valence-electron chi connectivity index (χ4n) is 2.71. The Morgan fingerprint density at radius 2 is 2.24 bits per heavy atom. The van der Waals surface area contributed by atoms with Crippen LogP contribution in [-0.4, -0.2) is 50.4 Å². The zero-order valence-corrected chi connectivity index (χ0v) is 11.5. The van der Waals surface area contributed by atoms with Crippen LogP contribution in [-0.2, 0) is 0 Å². The lowest BCUT2D eigenvalue weighted by Gasteiger charge is -2.21. The van der Waals surface area contributed by atoms with Crippen LogP contribution in [0.15, 0.2) is 30.3 Å². The van der Waals surface area contributed by atoms with Crippen LogP contribution in [0.1, 0.15) is 23.3 Å². The Balaban J connectivity index is 1.85. The molecule has 6 heteroatoms. The topological polar surface area (TPSA) is 89.4 Å². The number of carbonyl (C=O) groups is 1. The smallest absolute Gasteiger partial charge is 0.272 e. The summed E-state index contributed by atoms with van der Waals surface area (Å²) in [5.74, 6) is -0.0434. The number of rotatable bonds is 3. The minimum Gasteiger partial charge on any atom is -0.507 e. The van der Waals surface area contributed by atoms with E-state index in [4.69, 9.17) is 0 Å². The lowest BCUT2D eigenvalue weighted by molar-refractivity contribution is 0.0671. The molecule has 1 fully saturated rings. The average Bonchev–Trinajstić information content (AvgIpc) is 3.16. The minimum atomic E-state index is -0.166. The van der Waals surface area contributed by atoms with Crippen LogP contribution in [0, 0.1) is 0 Å². The van der Waals surface area contributed by atoms with Crippen molar-refractivity contribution < 1.29 is 15.0 Å². The third-order valence-corrected chi connectivity index (χ3v) is 3.84. The molecule has 1 aromatic carbocycles. The number of phenols is 1.